The third-order valence-corrected chi connectivity index (χ3v) is 2.93. The molecule has 0 atom stereocenters. The molecule has 0 bridgehead atoms. The molecule has 0 radical (unpaired) electrons. The van der Waals surface area contributed by atoms with Crippen LogP contribution < -0.4 is 5.73 Å². The molecule has 2 N–H and O–H groups in total. The summed E-state index contributed by atoms with van der Waals surface area (Å²) in [5.74, 6) is -1.20. The highest BCUT2D eigenvalue weighted by Crippen LogP contribution is 2.33. The van der Waals surface area contributed by atoms with E-state index in [1.165, 1.54) is 12.1 Å². The maximum Gasteiger partial charge on any atom is 0.417 e. The molecule has 2 aromatic rings. The van der Waals surface area contributed by atoms with E-state index in [1.54, 1.807) is 0 Å². The van der Waals surface area contributed by atoms with Crippen LogP contribution in [0.2, 0.25) is 0 Å². The van der Waals surface area contributed by atoms with Crippen LogP contribution in [0.4, 0.5) is 23.2 Å². The SMILES string of the molecule is Nc1ccc(C(F)(F)F)c(C(=O)Cc2ccc(F)cc2)c1. The van der Waals surface area contributed by atoms with Crippen molar-refractivity contribution in [3.05, 3.63) is 65.0 Å². The fourth-order valence-electron chi connectivity index (χ4n) is 1.92. The molecule has 21 heavy (non-hydrogen) atoms. The lowest BCUT2D eigenvalue weighted by Crippen LogP contribution is -2.15. The van der Waals surface area contributed by atoms with E-state index in [2.05, 4.69) is 0 Å². The Balaban J connectivity index is 2.34. The van der Waals surface area contributed by atoms with Gasteiger partial charge < -0.3 is 5.73 Å². The van der Waals surface area contributed by atoms with E-state index in [0.717, 1.165) is 30.3 Å². The van der Waals surface area contributed by atoms with Gasteiger partial charge >= 0.3 is 6.18 Å². The first-order valence-corrected chi connectivity index (χ1v) is 6.02. The van der Waals surface area contributed by atoms with Gasteiger partial charge in [-0.25, -0.2) is 4.39 Å². The summed E-state index contributed by atoms with van der Waals surface area (Å²) in [6.07, 6.45) is -4.89. The van der Waals surface area contributed by atoms with Gasteiger partial charge in [0.25, 0.3) is 0 Å². The highest BCUT2D eigenvalue weighted by Gasteiger charge is 2.35. The van der Waals surface area contributed by atoms with Gasteiger partial charge in [0.1, 0.15) is 5.82 Å². The summed E-state index contributed by atoms with van der Waals surface area (Å²) in [4.78, 5) is 12.1. The minimum Gasteiger partial charge on any atom is -0.399 e. The Bertz CT molecular complexity index is 662. The standard InChI is InChI=1S/C15H11F4NO/c16-10-3-1-9(2-4-10)7-14(21)12-8-11(20)5-6-13(12)15(17,18)19/h1-6,8H,7,20H2. The summed E-state index contributed by atoms with van der Waals surface area (Å²) in [7, 11) is 0. The third-order valence-electron chi connectivity index (χ3n) is 2.93. The number of hydrogen-bond acceptors (Lipinski definition) is 2. The summed E-state index contributed by atoms with van der Waals surface area (Å²) in [5, 5.41) is 0. The normalized spacial score (nSPS) is 11.4. The highest BCUT2D eigenvalue weighted by atomic mass is 19.4. The molecule has 0 fully saturated rings. The van der Waals surface area contributed by atoms with Crippen LogP contribution >= 0.6 is 0 Å². The second kappa shape index (κ2) is 5.55. The minimum absolute atomic E-state index is 0.0745. The van der Waals surface area contributed by atoms with Gasteiger partial charge in [-0.15, -0.1) is 0 Å². The van der Waals surface area contributed by atoms with Crippen LogP contribution in [0.15, 0.2) is 42.5 Å². The Morgan fingerprint density at radius 2 is 1.67 bits per heavy atom. The maximum absolute atomic E-state index is 12.9. The lowest BCUT2D eigenvalue weighted by Gasteiger charge is -2.12. The number of Topliss-reactive ketones (excluding diaryl/α,β-unsaturated/α-hetero) is 1. The molecule has 0 aliphatic carbocycles. The predicted molar refractivity (Wildman–Crippen MR) is 70.3 cm³/mol. The van der Waals surface area contributed by atoms with Crippen molar-refractivity contribution in [1.82, 2.24) is 0 Å². The smallest absolute Gasteiger partial charge is 0.399 e. The molecule has 110 valence electrons. The number of anilines is 1. The van der Waals surface area contributed by atoms with Crippen LogP contribution in [0.25, 0.3) is 0 Å². The average molecular weight is 297 g/mol. The molecule has 6 heteroatoms. The van der Waals surface area contributed by atoms with E-state index < -0.39 is 28.9 Å². The van der Waals surface area contributed by atoms with Crippen molar-refractivity contribution in [3.8, 4) is 0 Å². The van der Waals surface area contributed by atoms with Crippen molar-refractivity contribution in [2.45, 2.75) is 12.6 Å². The summed E-state index contributed by atoms with van der Waals surface area (Å²) in [6.45, 7) is 0. The third kappa shape index (κ3) is 3.59. The zero-order valence-corrected chi connectivity index (χ0v) is 10.7. The van der Waals surface area contributed by atoms with Gasteiger partial charge in [-0.05, 0) is 35.9 Å². The molecular weight excluding hydrogens is 286 g/mol. The van der Waals surface area contributed by atoms with Crippen molar-refractivity contribution in [3.63, 3.8) is 0 Å². The summed E-state index contributed by atoms with van der Waals surface area (Å²) >= 11 is 0. The average Bonchev–Trinajstić information content (AvgIpc) is 2.40. The zero-order chi connectivity index (χ0) is 15.6. The molecule has 0 amide bonds. The Hall–Kier alpha value is -2.37. The van der Waals surface area contributed by atoms with E-state index in [4.69, 9.17) is 5.73 Å². The van der Waals surface area contributed by atoms with Gasteiger partial charge in [-0.1, -0.05) is 12.1 Å². The van der Waals surface area contributed by atoms with E-state index in [0.29, 0.717) is 5.56 Å². The molecule has 0 unspecified atom stereocenters. The number of rotatable bonds is 3. The van der Waals surface area contributed by atoms with Crippen LogP contribution in [-0.2, 0) is 12.6 Å². The molecule has 0 aromatic heterocycles. The zero-order valence-electron chi connectivity index (χ0n) is 10.7. The summed E-state index contributed by atoms with van der Waals surface area (Å²) in [5.41, 5.74) is 4.45. The molecule has 0 aliphatic heterocycles. The molecule has 0 aliphatic rings. The Kier molecular flexibility index (Phi) is 3.97. The summed E-state index contributed by atoms with van der Waals surface area (Å²) < 4.78 is 51.4. The topological polar surface area (TPSA) is 43.1 Å². The van der Waals surface area contributed by atoms with Gasteiger partial charge in [0, 0.05) is 17.7 Å². The lowest BCUT2D eigenvalue weighted by molar-refractivity contribution is -0.137. The number of ketones is 1. The van der Waals surface area contributed by atoms with Crippen molar-refractivity contribution in [2.24, 2.45) is 0 Å². The number of carbonyl (C=O) groups excluding carboxylic acids is 1. The molecule has 0 heterocycles. The van der Waals surface area contributed by atoms with Gasteiger partial charge in [0.05, 0.1) is 5.56 Å². The van der Waals surface area contributed by atoms with Crippen molar-refractivity contribution in [1.29, 1.82) is 0 Å². The number of benzene rings is 2. The Labute approximate surface area is 118 Å². The molecule has 0 spiro atoms. The maximum atomic E-state index is 12.9. The quantitative estimate of drug-likeness (QED) is 0.531. The lowest BCUT2D eigenvalue weighted by atomic mass is 9.97. The number of hydrogen-bond donors (Lipinski definition) is 1. The van der Waals surface area contributed by atoms with Crippen molar-refractivity contribution < 1.29 is 22.4 Å². The molecule has 2 rings (SSSR count). The first-order chi connectivity index (χ1) is 9.77. The first kappa shape index (κ1) is 15.0. The van der Waals surface area contributed by atoms with Crippen LogP contribution in [0, 0.1) is 5.82 Å². The van der Waals surface area contributed by atoms with Crippen LogP contribution in [0.5, 0.6) is 0 Å². The fraction of sp³-hybridized carbons (Fsp3) is 0.133. The van der Waals surface area contributed by atoms with Crippen LogP contribution in [0.1, 0.15) is 21.5 Å². The number of nitrogens with two attached hydrogens (primary N) is 1. The first-order valence-electron chi connectivity index (χ1n) is 6.02. The Morgan fingerprint density at radius 1 is 1.05 bits per heavy atom. The number of carbonyl (C=O) groups is 1. The highest BCUT2D eigenvalue weighted by molar-refractivity contribution is 5.99. The molecule has 0 saturated heterocycles. The van der Waals surface area contributed by atoms with Crippen LogP contribution in [0.3, 0.4) is 0 Å². The minimum atomic E-state index is -4.64. The number of alkyl halides is 3. The van der Waals surface area contributed by atoms with Gasteiger partial charge in [-0.2, -0.15) is 13.2 Å². The second-order valence-corrected chi connectivity index (χ2v) is 4.53. The van der Waals surface area contributed by atoms with Crippen molar-refractivity contribution in [2.75, 3.05) is 5.73 Å². The van der Waals surface area contributed by atoms with Gasteiger partial charge in [0.2, 0.25) is 0 Å². The van der Waals surface area contributed by atoms with Gasteiger partial charge in [0.15, 0.2) is 5.78 Å². The summed E-state index contributed by atoms with van der Waals surface area (Å²) in [6, 6.07) is 7.89. The van der Waals surface area contributed by atoms with Crippen LogP contribution in [-0.4, -0.2) is 5.78 Å². The monoisotopic (exact) mass is 297 g/mol. The predicted octanol–water partition coefficient (Wildman–Crippen LogP) is 3.85. The molecular formula is C15H11F4NO. The van der Waals surface area contributed by atoms with Gasteiger partial charge in [-0.3, -0.25) is 4.79 Å². The van der Waals surface area contributed by atoms with Crippen molar-refractivity contribution >= 4 is 11.5 Å². The van der Waals surface area contributed by atoms with E-state index in [9.17, 15) is 22.4 Å². The molecule has 2 aromatic carbocycles. The van der Waals surface area contributed by atoms with E-state index in [-0.39, 0.29) is 12.1 Å². The molecule has 2 nitrogen and oxygen atoms in total. The second-order valence-electron chi connectivity index (χ2n) is 4.53. The van der Waals surface area contributed by atoms with E-state index >= 15 is 0 Å². The number of nitrogen functional groups attached to an aromatic ring is 1. The number of halogens is 4. The largest absolute Gasteiger partial charge is 0.417 e. The fourth-order valence-corrected chi connectivity index (χ4v) is 1.92. The molecule has 0 saturated carbocycles. The van der Waals surface area contributed by atoms with E-state index in [1.807, 2.05) is 0 Å². The Morgan fingerprint density at radius 3 is 2.24 bits per heavy atom.